The van der Waals surface area contributed by atoms with E-state index in [0.29, 0.717) is 0 Å². The Morgan fingerprint density at radius 1 is 1.44 bits per heavy atom. The molecule has 1 unspecified atom stereocenters. The van der Waals surface area contributed by atoms with Gasteiger partial charge in [-0.3, -0.25) is 4.79 Å². The first kappa shape index (κ1) is 13.9. The van der Waals surface area contributed by atoms with Crippen LogP contribution in [0.15, 0.2) is 18.2 Å². The number of nitrogens with one attached hydrogen (secondary N) is 1. The second-order valence-electron chi connectivity index (χ2n) is 3.43. The highest BCUT2D eigenvalue weighted by Crippen LogP contribution is 2.20. The molecule has 0 saturated carbocycles. The fraction of sp³-hybridized carbons (Fsp3) is 0.273. The number of hydrogen-bond acceptors (Lipinski definition) is 3. The average Bonchev–Trinajstić information content (AvgIpc) is 2.29. The molecule has 0 fully saturated rings. The lowest BCUT2D eigenvalue weighted by Crippen LogP contribution is -2.39. The largest absolute Gasteiger partial charge is 0.478 e. The highest BCUT2D eigenvalue weighted by atomic mass is 19.2. The molecule has 0 radical (unpaired) electrons. The highest BCUT2D eigenvalue weighted by Gasteiger charge is 2.22. The van der Waals surface area contributed by atoms with Crippen molar-refractivity contribution >= 4 is 11.9 Å². The Hall–Kier alpha value is -2.18. The highest BCUT2D eigenvalue weighted by molar-refractivity contribution is 5.76. The fourth-order valence-corrected chi connectivity index (χ4v) is 1.14. The number of carboxylic acids is 1. The van der Waals surface area contributed by atoms with Gasteiger partial charge in [0.25, 0.3) is 0 Å². The number of rotatable bonds is 5. The zero-order valence-corrected chi connectivity index (χ0v) is 9.44. The Labute approximate surface area is 101 Å². The summed E-state index contributed by atoms with van der Waals surface area (Å²) in [6.45, 7) is 0.850. The Morgan fingerprint density at radius 2 is 2.11 bits per heavy atom. The minimum absolute atomic E-state index is 0.347. The molecule has 1 amide bonds. The van der Waals surface area contributed by atoms with Crippen LogP contribution in [0.4, 0.5) is 8.78 Å². The first-order valence-corrected chi connectivity index (χ1v) is 4.99. The summed E-state index contributed by atoms with van der Waals surface area (Å²) in [5.41, 5.74) is 0. The van der Waals surface area contributed by atoms with Gasteiger partial charge in [-0.1, -0.05) is 6.07 Å². The molecule has 2 N–H and O–H groups in total. The Bertz CT molecular complexity index is 464. The summed E-state index contributed by atoms with van der Waals surface area (Å²) in [7, 11) is 0. The molecule has 7 heteroatoms. The molecule has 0 bridgehead atoms. The Morgan fingerprint density at radius 3 is 2.67 bits per heavy atom. The average molecular weight is 259 g/mol. The summed E-state index contributed by atoms with van der Waals surface area (Å²) in [6.07, 6.45) is -1.50. The number of ether oxygens (including phenoxy) is 1. The maximum atomic E-state index is 13.2. The Kier molecular flexibility index (Phi) is 4.59. The van der Waals surface area contributed by atoms with E-state index in [1.165, 1.54) is 13.0 Å². The summed E-state index contributed by atoms with van der Waals surface area (Å²) in [5, 5.41) is 11.0. The molecule has 1 aromatic rings. The standard InChI is InChI=1S/C11H11F2NO4/c1-6(15)14-5-9(11(16)17)18-8-4-2-3-7(12)10(8)13/h2-4,9H,5H2,1H3,(H,14,15)(H,16,17). The van der Waals surface area contributed by atoms with Gasteiger partial charge < -0.3 is 15.2 Å². The van der Waals surface area contributed by atoms with E-state index in [-0.39, 0.29) is 6.54 Å². The minimum Gasteiger partial charge on any atom is -0.478 e. The quantitative estimate of drug-likeness (QED) is 0.825. The van der Waals surface area contributed by atoms with Gasteiger partial charge in [0.15, 0.2) is 11.6 Å². The number of carbonyl (C=O) groups is 2. The molecule has 1 aromatic carbocycles. The fourth-order valence-electron chi connectivity index (χ4n) is 1.14. The van der Waals surface area contributed by atoms with Crippen LogP contribution in [-0.4, -0.2) is 29.6 Å². The van der Waals surface area contributed by atoms with Gasteiger partial charge in [0.2, 0.25) is 17.8 Å². The van der Waals surface area contributed by atoms with Crippen molar-refractivity contribution in [2.24, 2.45) is 0 Å². The summed E-state index contributed by atoms with van der Waals surface area (Å²) >= 11 is 0. The van der Waals surface area contributed by atoms with Gasteiger partial charge in [0.05, 0.1) is 6.54 Å². The molecule has 0 aliphatic heterocycles. The molecule has 0 saturated heterocycles. The SMILES string of the molecule is CC(=O)NCC(Oc1cccc(F)c1F)C(=O)O. The van der Waals surface area contributed by atoms with Crippen molar-refractivity contribution < 1.29 is 28.2 Å². The molecule has 1 atom stereocenters. The molecule has 98 valence electrons. The monoisotopic (exact) mass is 259 g/mol. The van der Waals surface area contributed by atoms with Crippen molar-refractivity contribution in [2.45, 2.75) is 13.0 Å². The third kappa shape index (κ3) is 3.69. The van der Waals surface area contributed by atoms with Crippen LogP contribution in [0.2, 0.25) is 0 Å². The van der Waals surface area contributed by atoms with Gasteiger partial charge in [-0.2, -0.15) is 4.39 Å². The maximum absolute atomic E-state index is 13.2. The third-order valence-corrected chi connectivity index (χ3v) is 2.00. The number of aliphatic carboxylic acids is 1. The second-order valence-corrected chi connectivity index (χ2v) is 3.43. The summed E-state index contributed by atoms with van der Waals surface area (Å²) in [6, 6.07) is 3.17. The molecule has 0 aromatic heterocycles. The van der Waals surface area contributed by atoms with Crippen LogP contribution in [0.5, 0.6) is 5.75 Å². The van der Waals surface area contributed by atoms with Crippen molar-refractivity contribution in [3.63, 3.8) is 0 Å². The van der Waals surface area contributed by atoms with Gasteiger partial charge in [-0.05, 0) is 12.1 Å². The van der Waals surface area contributed by atoms with E-state index in [1.54, 1.807) is 0 Å². The van der Waals surface area contributed by atoms with Crippen LogP contribution in [0.3, 0.4) is 0 Å². The van der Waals surface area contributed by atoms with E-state index in [4.69, 9.17) is 9.84 Å². The van der Waals surface area contributed by atoms with Crippen molar-refractivity contribution in [1.82, 2.24) is 5.32 Å². The van der Waals surface area contributed by atoms with Crippen molar-refractivity contribution in [1.29, 1.82) is 0 Å². The smallest absolute Gasteiger partial charge is 0.346 e. The predicted octanol–water partition coefficient (Wildman–Crippen LogP) is 0.933. The van der Waals surface area contributed by atoms with Crippen molar-refractivity contribution in [2.75, 3.05) is 6.54 Å². The predicted molar refractivity (Wildman–Crippen MR) is 57.1 cm³/mol. The molecular formula is C11H11F2NO4. The molecule has 1 rings (SSSR count). The van der Waals surface area contributed by atoms with Crippen molar-refractivity contribution in [3.05, 3.63) is 29.8 Å². The van der Waals surface area contributed by atoms with Gasteiger partial charge >= 0.3 is 5.97 Å². The van der Waals surface area contributed by atoms with E-state index in [2.05, 4.69) is 5.32 Å². The number of amides is 1. The lowest BCUT2D eigenvalue weighted by atomic mass is 10.3. The molecular weight excluding hydrogens is 248 g/mol. The van der Waals surface area contributed by atoms with Gasteiger partial charge in [-0.25, -0.2) is 9.18 Å². The van der Waals surface area contributed by atoms with E-state index in [9.17, 15) is 18.4 Å². The van der Waals surface area contributed by atoms with E-state index < -0.39 is 35.4 Å². The molecule has 0 heterocycles. The number of hydrogen-bond donors (Lipinski definition) is 2. The first-order chi connectivity index (χ1) is 8.41. The third-order valence-electron chi connectivity index (χ3n) is 2.00. The lowest BCUT2D eigenvalue weighted by molar-refractivity contribution is -0.145. The lowest BCUT2D eigenvalue weighted by Gasteiger charge is -2.15. The normalized spacial score (nSPS) is 11.7. The zero-order chi connectivity index (χ0) is 13.7. The molecule has 0 spiro atoms. The first-order valence-electron chi connectivity index (χ1n) is 4.99. The van der Waals surface area contributed by atoms with Gasteiger partial charge in [0, 0.05) is 6.92 Å². The van der Waals surface area contributed by atoms with E-state index >= 15 is 0 Å². The Balaban J connectivity index is 2.80. The van der Waals surface area contributed by atoms with Crippen LogP contribution in [0.25, 0.3) is 0 Å². The number of carboxylic acid groups (broad SMARTS) is 1. The van der Waals surface area contributed by atoms with Crippen LogP contribution >= 0.6 is 0 Å². The molecule has 18 heavy (non-hydrogen) atoms. The van der Waals surface area contributed by atoms with E-state index in [1.807, 2.05) is 0 Å². The van der Waals surface area contributed by atoms with Gasteiger partial charge in [0.1, 0.15) is 0 Å². The summed E-state index contributed by atoms with van der Waals surface area (Å²) in [4.78, 5) is 21.5. The second kappa shape index (κ2) is 5.95. The molecule has 0 aliphatic rings. The topological polar surface area (TPSA) is 75.6 Å². The molecule has 5 nitrogen and oxygen atoms in total. The van der Waals surface area contributed by atoms with Crippen LogP contribution in [0, 0.1) is 11.6 Å². The van der Waals surface area contributed by atoms with Crippen LogP contribution in [-0.2, 0) is 9.59 Å². The minimum atomic E-state index is -1.50. The molecule has 0 aliphatic carbocycles. The number of halogens is 2. The maximum Gasteiger partial charge on any atom is 0.346 e. The summed E-state index contributed by atoms with van der Waals surface area (Å²) in [5.74, 6) is -4.78. The van der Waals surface area contributed by atoms with Crippen molar-refractivity contribution in [3.8, 4) is 5.75 Å². The van der Waals surface area contributed by atoms with Crippen LogP contribution in [0.1, 0.15) is 6.92 Å². The number of benzene rings is 1. The van der Waals surface area contributed by atoms with Gasteiger partial charge in [-0.15, -0.1) is 0 Å². The zero-order valence-electron chi connectivity index (χ0n) is 9.44. The summed E-state index contributed by atoms with van der Waals surface area (Å²) < 4.78 is 30.9. The van der Waals surface area contributed by atoms with E-state index in [0.717, 1.165) is 12.1 Å². The number of carbonyl (C=O) groups excluding carboxylic acids is 1. The van der Waals surface area contributed by atoms with Crippen LogP contribution < -0.4 is 10.1 Å².